The molecule has 1 N–H and O–H groups in total. The van der Waals surface area contributed by atoms with Crippen molar-refractivity contribution < 1.29 is 0 Å². The van der Waals surface area contributed by atoms with Gasteiger partial charge in [-0.2, -0.15) is 5.10 Å². The van der Waals surface area contributed by atoms with Crippen molar-refractivity contribution in [3.8, 4) is 0 Å². The van der Waals surface area contributed by atoms with Gasteiger partial charge in [-0.05, 0) is 30.2 Å². The molecule has 19 heavy (non-hydrogen) atoms. The van der Waals surface area contributed by atoms with E-state index in [4.69, 9.17) is 0 Å². The Balaban J connectivity index is 1.83. The number of hydrogen-bond donors (Lipinski definition) is 1. The Hall–Kier alpha value is -2.29. The molecule has 0 unspecified atom stereocenters. The number of hydrazone groups is 1. The Kier molecular flexibility index (Phi) is 3.19. The van der Waals surface area contributed by atoms with Gasteiger partial charge >= 0.3 is 0 Å². The van der Waals surface area contributed by atoms with Crippen LogP contribution in [0.1, 0.15) is 11.1 Å². The molecule has 0 amide bonds. The number of aryl methyl sites for hydroxylation is 1. The summed E-state index contributed by atoms with van der Waals surface area (Å²) in [6.45, 7) is 2.89. The van der Waals surface area contributed by atoms with E-state index >= 15 is 0 Å². The fraction of sp³-hybridized carbons (Fsp3) is 0.188. The first-order valence-electron chi connectivity index (χ1n) is 6.51. The Morgan fingerprint density at radius 3 is 2.58 bits per heavy atom. The molecular weight excluding hydrogens is 234 g/mol. The first kappa shape index (κ1) is 11.8. The van der Waals surface area contributed by atoms with Crippen LogP contribution in [0, 0.1) is 6.92 Å². The monoisotopic (exact) mass is 251 g/mol. The fourth-order valence-electron chi connectivity index (χ4n) is 2.31. The van der Waals surface area contributed by atoms with Gasteiger partial charge in [0.1, 0.15) is 12.5 Å². The van der Waals surface area contributed by atoms with Crippen LogP contribution in [0.4, 0.5) is 5.69 Å². The quantitative estimate of drug-likeness (QED) is 0.908. The van der Waals surface area contributed by atoms with Crippen LogP contribution in [0.5, 0.6) is 0 Å². The number of amidine groups is 1. The third-order valence-electron chi connectivity index (χ3n) is 3.43. The first-order valence-corrected chi connectivity index (χ1v) is 6.51. The van der Waals surface area contributed by atoms with Crippen molar-refractivity contribution in [3.63, 3.8) is 0 Å². The fourth-order valence-corrected chi connectivity index (χ4v) is 2.31. The highest BCUT2D eigenvalue weighted by Crippen LogP contribution is 2.18. The first-order chi connectivity index (χ1) is 9.34. The summed E-state index contributed by atoms with van der Waals surface area (Å²) in [5.41, 5.74) is 6.89. The molecule has 2 aromatic carbocycles. The molecule has 1 heterocycles. The topological polar surface area (TPSA) is 27.6 Å². The maximum atomic E-state index is 4.42. The van der Waals surface area contributed by atoms with E-state index in [1.807, 2.05) is 6.07 Å². The largest absolute Gasteiger partial charge is 0.309 e. The third-order valence-corrected chi connectivity index (χ3v) is 3.43. The minimum Gasteiger partial charge on any atom is -0.309 e. The van der Waals surface area contributed by atoms with Crippen LogP contribution in [0.15, 0.2) is 59.7 Å². The van der Waals surface area contributed by atoms with E-state index in [1.165, 1.54) is 16.8 Å². The van der Waals surface area contributed by atoms with Gasteiger partial charge in [0.2, 0.25) is 0 Å². The van der Waals surface area contributed by atoms with Gasteiger partial charge in [-0.1, -0.05) is 42.5 Å². The average Bonchev–Trinajstić information content (AvgIpc) is 2.91. The zero-order chi connectivity index (χ0) is 13.1. The van der Waals surface area contributed by atoms with E-state index in [0.717, 1.165) is 18.9 Å². The average molecular weight is 251 g/mol. The van der Waals surface area contributed by atoms with Gasteiger partial charge in [0.25, 0.3) is 0 Å². The third kappa shape index (κ3) is 2.45. The Morgan fingerprint density at radius 2 is 1.79 bits per heavy atom. The van der Waals surface area contributed by atoms with Gasteiger partial charge in [0, 0.05) is 12.1 Å². The van der Waals surface area contributed by atoms with Crippen molar-refractivity contribution in [2.75, 3.05) is 11.6 Å². The number of rotatable bonds is 3. The smallest absolute Gasteiger partial charge is 0.135 e. The molecule has 3 nitrogen and oxygen atoms in total. The molecule has 0 bridgehead atoms. The number of benzene rings is 2. The van der Waals surface area contributed by atoms with Crippen LogP contribution in [0.2, 0.25) is 0 Å². The lowest BCUT2D eigenvalue weighted by atomic mass is 10.1. The van der Waals surface area contributed by atoms with Crippen molar-refractivity contribution in [2.24, 2.45) is 5.10 Å². The molecule has 0 fully saturated rings. The number of para-hydroxylation sites is 1. The summed E-state index contributed by atoms with van der Waals surface area (Å²) >= 11 is 0. The van der Waals surface area contributed by atoms with Crippen molar-refractivity contribution >= 4 is 11.5 Å². The lowest BCUT2D eigenvalue weighted by Crippen LogP contribution is -2.30. The SMILES string of the molecule is Cc1ccccc1CC1=NNCN1c1ccccc1. The molecule has 0 saturated heterocycles. The summed E-state index contributed by atoms with van der Waals surface area (Å²) in [7, 11) is 0. The lowest BCUT2D eigenvalue weighted by Gasteiger charge is -2.19. The predicted octanol–water partition coefficient (Wildman–Crippen LogP) is 2.92. The molecule has 0 radical (unpaired) electrons. The molecule has 0 atom stereocenters. The van der Waals surface area contributed by atoms with Crippen LogP contribution in [0.25, 0.3) is 0 Å². The highest BCUT2D eigenvalue weighted by molar-refractivity contribution is 6.00. The molecule has 3 heteroatoms. The molecule has 0 aliphatic carbocycles. The second kappa shape index (κ2) is 5.14. The van der Waals surface area contributed by atoms with E-state index < -0.39 is 0 Å². The Labute approximate surface area is 113 Å². The maximum Gasteiger partial charge on any atom is 0.135 e. The van der Waals surface area contributed by atoms with Gasteiger partial charge in [-0.15, -0.1) is 0 Å². The maximum absolute atomic E-state index is 4.42. The second-order valence-electron chi connectivity index (χ2n) is 4.71. The second-order valence-corrected chi connectivity index (χ2v) is 4.71. The van der Waals surface area contributed by atoms with E-state index in [-0.39, 0.29) is 0 Å². The van der Waals surface area contributed by atoms with E-state index in [9.17, 15) is 0 Å². The molecular formula is C16H17N3. The summed E-state index contributed by atoms with van der Waals surface area (Å²) in [6, 6.07) is 18.8. The van der Waals surface area contributed by atoms with Crippen LogP contribution in [-0.2, 0) is 6.42 Å². The number of nitrogens with one attached hydrogen (secondary N) is 1. The molecule has 96 valence electrons. The summed E-state index contributed by atoms with van der Waals surface area (Å²) in [4.78, 5) is 2.21. The van der Waals surface area contributed by atoms with E-state index in [1.54, 1.807) is 0 Å². The van der Waals surface area contributed by atoms with Crippen LogP contribution in [0.3, 0.4) is 0 Å². The summed E-state index contributed by atoms with van der Waals surface area (Å²) in [5, 5.41) is 4.42. The standard InChI is InChI=1S/C16H17N3/c1-13-7-5-6-8-14(13)11-16-18-17-12-19(16)15-9-3-2-4-10-15/h2-10,17H,11-12H2,1H3. The van der Waals surface area contributed by atoms with Gasteiger partial charge in [-0.3, -0.25) is 5.43 Å². The number of hydrogen-bond acceptors (Lipinski definition) is 3. The Bertz CT molecular complexity index is 590. The summed E-state index contributed by atoms with van der Waals surface area (Å²) < 4.78 is 0. The van der Waals surface area contributed by atoms with Crippen molar-refractivity contribution in [2.45, 2.75) is 13.3 Å². The minimum absolute atomic E-state index is 0.741. The van der Waals surface area contributed by atoms with Crippen LogP contribution >= 0.6 is 0 Å². The molecule has 0 spiro atoms. The highest BCUT2D eigenvalue weighted by Gasteiger charge is 2.19. The zero-order valence-electron chi connectivity index (χ0n) is 11.0. The van der Waals surface area contributed by atoms with Crippen molar-refractivity contribution in [1.82, 2.24) is 5.43 Å². The zero-order valence-corrected chi connectivity index (χ0v) is 11.0. The summed E-state index contributed by atoms with van der Waals surface area (Å²) in [6.07, 6.45) is 0.856. The lowest BCUT2D eigenvalue weighted by molar-refractivity contribution is 0.807. The normalized spacial score (nSPS) is 14.2. The molecule has 1 aliphatic rings. The molecule has 0 aromatic heterocycles. The van der Waals surface area contributed by atoms with Gasteiger partial charge in [-0.25, -0.2) is 0 Å². The Morgan fingerprint density at radius 1 is 1.05 bits per heavy atom. The van der Waals surface area contributed by atoms with Gasteiger partial charge in [0.05, 0.1) is 0 Å². The number of anilines is 1. The predicted molar refractivity (Wildman–Crippen MR) is 79.2 cm³/mol. The molecule has 1 aliphatic heterocycles. The van der Waals surface area contributed by atoms with Crippen LogP contribution < -0.4 is 10.3 Å². The van der Waals surface area contributed by atoms with Crippen LogP contribution in [-0.4, -0.2) is 12.5 Å². The van der Waals surface area contributed by atoms with E-state index in [0.29, 0.717) is 0 Å². The molecule has 0 saturated carbocycles. The van der Waals surface area contributed by atoms with Gasteiger partial charge in [0.15, 0.2) is 0 Å². The highest BCUT2D eigenvalue weighted by atomic mass is 15.5. The molecule has 3 rings (SSSR count). The van der Waals surface area contributed by atoms with Gasteiger partial charge < -0.3 is 4.90 Å². The minimum atomic E-state index is 0.741. The van der Waals surface area contributed by atoms with E-state index in [2.05, 4.69) is 70.9 Å². The van der Waals surface area contributed by atoms with Crippen molar-refractivity contribution in [3.05, 3.63) is 65.7 Å². The van der Waals surface area contributed by atoms with Crippen molar-refractivity contribution in [1.29, 1.82) is 0 Å². The molecule has 2 aromatic rings. The number of nitrogens with zero attached hydrogens (tertiary/aromatic N) is 2. The summed E-state index contributed by atoms with van der Waals surface area (Å²) in [5.74, 6) is 1.07.